The second-order valence-corrected chi connectivity index (χ2v) is 104. The number of hydrogen-bond acceptors (Lipinski definition) is 18. The van der Waals surface area contributed by atoms with Crippen LogP contribution in [0.1, 0.15) is 308 Å². The molecule has 0 N–H and O–H groups in total. The summed E-state index contributed by atoms with van der Waals surface area (Å²) < 4.78 is 78.8. The Balaban J connectivity index is 1.93. The SMILES string of the molecule is C[Si](C)(C)O[Si](C)(C)CCCCCCCCCC(=O)Oc1cc2c3cc(OC(=O)CCCCCCCCC[Si](C)(C)O[Si](C)(C)C)c(OC(=O)CCCCCCCCC[Si](C)(C)O[Si](C)(C)C)cc3c3cc(OC(=O)CCCCCCCCC[Si](C)(C)O[Si](C)(C)C)c(OC(=O)CCCCCCCCC[Si](C)(C)O[Si](C)(C)C)cc3c2cc1OC(=O)CCCCCCCCC[Si](C)(C)O[Si](C)(C)C. The maximum Gasteiger partial charge on any atom is 0.311 e. The van der Waals surface area contributed by atoms with Crippen molar-refractivity contribution in [3.8, 4) is 34.5 Å². The Morgan fingerprint density at radius 3 is 0.348 bits per heavy atom. The molecule has 30 heteroatoms. The number of carbonyl (C=O) groups excluding carboxylic acids is 6. The number of unbranched alkanes of at least 4 members (excludes halogenated alkanes) is 36. The molecule has 0 heterocycles. The Bertz CT molecular complexity index is 3540. The molecule has 0 aromatic heterocycles. The molecule has 0 bridgehead atoms. The number of hydrogen-bond donors (Lipinski definition) is 0. The molecule has 4 rings (SSSR count). The Hall–Kier alpha value is -3.16. The van der Waals surface area contributed by atoms with Crippen LogP contribution in [0.15, 0.2) is 36.4 Å². The highest BCUT2D eigenvalue weighted by molar-refractivity contribution is 6.87. The van der Waals surface area contributed by atoms with E-state index in [4.69, 9.17) is 53.1 Å². The summed E-state index contributed by atoms with van der Waals surface area (Å²) in [4.78, 5) is 87.7. The van der Waals surface area contributed by atoms with Crippen LogP contribution in [0.2, 0.25) is 233 Å². The van der Waals surface area contributed by atoms with Crippen molar-refractivity contribution in [3.63, 3.8) is 0 Å². The molecule has 0 aliphatic rings. The van der Waals surface area contributed by atoms with Crippen LogP contribution in [-0.4, -0.2) is 136 Å². The molecule has 0 aliphatic heterocycles. The van der Waals surface area contributed by atoms with Crippen molar-refractivity contribution in [2.45, 2.75) is 541 Å². The third-order valence-corrected chi connectivity index (χ3v) is 62.2. The van der Waals surface area contributed by atoms with Gasteiger partial charge in [-0.05, 0) is 340 Å². The number of carbonyl (C=O) groups is 6. The average molecular weight is 2130 g/mol. The fourth-order valence-corrected chi connectivity index (χ4v) is 68.9. The lowest BCUT2D eigenvalue weighted by molar-refractivity contribution is -0.137. The smallest absolute Gasteiger partial charge is 0.311 e. The Kier molecular flexibility index (Phi) is 57.3. The summed E-state index contributed by atoms with van der Waals surface area (Å²) in [6, 6.07) is 17.3. The summed E-state index contributed by atoms with van der Waals surface area (Å²) in [5, 5.41) is 3.07. The van der Waals surface area contributed by atoms with Crippen molar-refractivity contribution >= 4 is 168 Å². The molecule has 0 fully saturated rings. The molecule has 792 valence electrons. The van der Waals surface area contributed by atoms with Gasteiger partial charge in [0.25, 0.3) is 0 Å². The number of fused-ring (bicyclic) bond motifs is 6. The highest BCUT2D eigenvalue weighted by atomic mass is 28.4. The lowest BCUT2D eigenvalue weighted by atomic mass is 9.93. The summed E-state index contributed by atoms with van der Waals surface area (Å²) >= 11 is 0. The average Bonchev–Trinajstić information content (AvgIpc) is 0.721. The third-order valence-electron chi connectivity index (χ3n) is 24.9. The van der Waals surface area contributed by atoms with E-state index in [0.29, 0.717) is 70.8 Å². The van der Waals surface area contributed by atoms with E-state index in [1.54, 1.807) is 36.4 Å². The fourth-order valence-electron chi connectivity index (χ4n) is 20.0. The third kappa shape index (κ3) is 60.8. The molecule has 0 unspecified atom stereocenters. The summed E-state index contributed by atoms with van der Waals surface area (Å²) in [7, 11) is -20.1. The fraction of sp³-hybridized carbons (Fsp3) is 0.778. The molecule has 4 aromatic rings. The van der Waals surface area contributed by atoms with Gasteiger partial charge in [0, 0.05) is 38.5 Å². The Morgan fingerprint density at radius 2 is 0.246 bits per heavy atom. The van der Waals surface area contributed by atoms with E-state index < -0.39 is 136 Å². The lowest BCUT2D eigenvalue weighted by Gasteiger charge is -2.31. The zero-order valence-electron chi connectivity index (χ0n) is 94.0. The van der Waals surface area contributed by atoms with E-state index in [2.05, 4.69) is 196 Å². The van der Waals surface area contributed by atoms with Crippen LogP contribution in [-0.2, 0) is 53.5 Å². The quantitative estimate of drug-likeness (QED) is 0.0132. The summed E-state index contributed by atoms with van der Waals surface area (Å²) in [5.41, 5.74) is 0. The van der Waals surface area contributed by atoms with Crippen LogP contribution in [0.4, 0.5) is 0 Å². The van der Waals surface area contributed by atoms with Crippen molar-refractivity contribution < 1.29 is 81.9 Å². The zero-order valence-corrected chi connectivity index (χ0v) is 106. The molecule has 138 heavy (non-hydrogen) atoms. The van der Waals surface area contributed by atoms with Crippen LogP contribution >= 0.6 is 0 Å². The van der Waals surface area contributed by atoms with Crippen LogP contribution < -0.4 is 28.4 Å². The molecule has 0 radical (unpaired) electrons. The number of rotatable bonds is 78. The molecule has 4 aromatic carbocycles. The predicted molar refractivity (Wildman–Crippen MR) is 615 cm³/mol. The van der Waals surface area contributed by atoms with Crippen LogP contribution in [0.3, 0.4) is 0 Å². The second-order valence-electron chi connectivity index (χ2n) is 50.1. The first-order chi connectivity index (χ1) is 64.1. The Labute approximate surface area is 855 Å². The first-order valence-electron chi connectivity index (χ1n) is 55.1. The molecule has 0 atom stereocenters. The zero-order chi connectivity index (χ0) is 103. The summed E-state index contributed by atoms with van der Waals surface area (Å²) in [6.45, 7) is 69.1. The lowest BCUT2D eigenvalue weighted by Crippen LogP contribution is -2.42. The highest BCUT2D eigenvalue weighted by Gasteiger charge is 2.36. The van der Waals surface area contributed by atoms with Gasteiger partial charge in [0.1, 0.15) is 0 Å². The van der Waals surface area contributed by atoms with Gasteiger partial charge in [-0.15, -0.1) is 0 Å². The standard InChI is InChI=1S/C108H204O18Si12/c1-127(2,3)121-133(19,20)79-67-55-43-31-37-49-61-73-103(109)115-97-85-91-92(86-98(97)116-104(110)74-62-50-38-32-44-56-68-80-134(21,22)122-128(4,5)6)94-88-100(118-106(112)76-64-52-40-34-46-58-70-82-136(25,26)124-130(10,11)12)102(120-108(114)78-66-54-42-36-48-60-72-84-138(29,30)126-132(16,17)18)90-96(94)95-89-101(119-107(113)77-65-53-41-35-47-59-71-83-137(27,28)125-131(13,14)15)99(87-93(91)95)117-105(111)75-63-51-39-33-45-57-69-81-135(23,24)123-129(7,8)9/h85-90H,31-84H2,1-30H3. The largest absolute Gasteiger partial charge is 0.456 e. The minimum absolute atomic E-state index is 0.0318. The minimum atomic E-state index is -1.73. The van der Waals surface area contributed by atoms with Crippen molar-refractivity contribution in [1.29, 1.82) is 0 Å². The second kappa shape index (κ2) is 62.2. The normalized spacial score (nSPS) is 13.2. The van der Waals surface area contributed by atoms with E-state index in [0.717, 1.165) is 267 Å². The van der Waals surface area contributed by atoms with Gasteiger partial charge in [-0.2, -0.15) is 0 Å². The molecule has 18 nitrogen and oxygen atoms in total. The molecule has 0 saturated heterocycles. The highest BCUT2D eigenvalue weighted by Crippen LogP contribution is 2.49. The maximum absolute atomic E-state index is 14.6. The number of ether oxygens (including phenoxy) is 6. The van der Waals surface area contributed by atoms with Gasteiger partial charge in [-0.25, -0.2) is 0 Å². The van der Waals surface area contributed by atoms with Gasteiger partial charge in [0.05, 0.1) is 0 Å². The first-order valence-corrected chi connectivity index (χ1v) is 94.2. The minimum Gasteiger partial charge on any atom is -0.456 e. The molecular formula is C108H204O18Si12. The summed E-state index contributed by atoms with van der Waals surface area (Å²) in [6.07, 6.45) is 42.2. The van der Waals surface area contributed by atoms with Crippen molar-refractivity contribution in [1.82, 2.24) is 0 Å². The van der Waals surface area contributed by atoms with Gasteiger partial charge < -0.3 is 53.1 Å². The molecule has 0 amide bonds. The van der Waals surface area contributed by atoms with E-state index >= 15 is 0 Å². The van der Waals surface area contributed by atoms with Crippen LogP contribution in [0, 0.1) is 0 Å². The van der Waals surface area contributed by atoms with Gasteiger partial charge >= 0.3 is 35.8 Å². The number of esters is 6. The van der Waals surface area contributed by atoms with Crippen LogP contribution in [0.5, 0.6) is 34.5 Å². The molecular weight excluding hydrogens is 1920 g/mol. The van der Waals surface area contributed by atoms with Gasteiger partial charge in [-0.1, -0.05) is 231 Å². The van der Waals surface area contributed by atoms with E-state index in [-0.39, 0.29) is 73.0 Å². The first kappa shape index (κ1) is 127. The molecule has 0 saturated carbocycles. The van der Waals surface area contributed by atoms with Gasteiger partial charge in [0.15, 0.2) is 134 Å². The van der Waals surface area contributed by atoms with E-state index in [9.17, 15) is 28.8 Å². The van der Waals surface area contributed by atoms with Crippen molar-refractivity contribution in [2.24, 2.45) is 0 Å². The molecule has 0 aliphatic carbocycles. The predicted octanol–water partition coefficient (Wildman–Crippen LogP) is 35.6. The van der Waals surface area contributed by atoms with Gasteiger partial charge in [0.2, 0.25) is 0 Å². The maximum atomic E-state index is 14.6. The van der Waals surface area contributed by atoms with Crippen LogP contribution in [0.25, 0.3) is 32.3 Å². The summed E-state index contributed by atoms with van der Waals surface area (Å²) in [5.74, 6) is -2.69. The van der Waals surface area contributed by atoms with E-state index in [1.165, 1.54) is 0 Å². The van der Waals surface area contributed by atoms with Crippen molar-refractivity contribution in [3.05, 3.63) is 36.4 Å². The monoisotopic (exact) mass is 2130 g/mol. The van der Waals surface area contributed by atoms with E-state index in [1.807, 2.05) is 0 Å². The Morgan fingerprint density at radius 1 is 0.152 bits per heavy atom. The van der Waals surface area contributed by atoms with Crippen molar-refractivity contribution in [2.75, 3.05) is 0 Å². The topological polar surface area (TPSA) is 213 Å². The molecule has 0 spiro atoms. The number of benzene rings is 4. The van der Waals surface area contributed by atoms with Gasteiger partial charge in [-0.3, -0.25) is 28.8 Å².